The number of aliphatic carboxylic acids is 3. The van der Waals surface area contributed by atoms with E-state index in [9.17, 15) is 39.0 Å². The second kappa shape index (κ2) is 12.7. The summed E-state index contributed by atoms with van der Waals surface area (Å²) >= 11 is 0. The van der Waals surface area contributed by atoms with Crippen LogP contribution in [0.1, 0.15) is 45.4 Å². The van der Waals surface area contributed by atoms with E-state index in [2.05, 4.69) is 10.6 Å². The van der Waals surface area contributed by atoms with Crippen molar-refractivity contribution < 1.29 is 49.2 Å². The molecule has 0 saturated carbocycles. The molecule has 5 unspecified atom stereocenters. The standard InChI is InChI=1S/C19H30N4O10/c1-9(24)15(20)17(30)21-10(4-6-13(25)26)18(31)23-8-2-3-12(23)16(29)22-11(19(32)33)5-7-14(27)28/h9-12,15,24H,2-8,20H2,1H3,(H,21,30)(H,22,29)(H,25,26)(H,27,28)(H,32,33). The maximum absolute atomic E-state index is 13.1. The molecule has 1 rings (SSSR count). The van der Waals surface area contributed by atoms with Crippen molar-refractivity contribution in [2.45, 2.75) is 75.7 Å². The highest BCUT2D eigenvalue weighted by Crippen LogP contribution is 2.20. The Morgan fingerprint density at radius 2 is 1.52 bits per heavy atom. The fourth-order valence-electron chi connectivity index (χ4n) is 3.31. The van der Waals surface area contributed by atoms with Crippen LogP contribution in [0, 0.1) is 0 Å². The molecule has 1 aliphatic heterocycles. The Morgan fingerprint density at radius 1 is 0.970 bits per heavy atom. The Balaban J connectivity index is 2.97. The number of carboxylic acids is 3. The monoisotopic (exact) mass is 474 g/mol. The van der Waals surface area contributed by atoms with Crippen LogP contribution in [-0.4, -0.2) is 97.8 Å². The number of nitrogens with one attached hydrogen (secondary N) is 2. The average molecular weight is 474 g/mol. The molecule has 0 bridgehead atoms. The van der Waals surface area contributed by atoms with Gasteiger partial charge in [0.1, 0.15) is 24.2 Å². The van der Waals surface area contributed by atoms with Crippen LogP contribution in [-0.2, 0) is 28.8 Å². The number of aliphatic hydroxyl groups excluding tert-OH is 1. The highest BCUT2D eigenvalue weighted by Gasteiger charge is 2.39. The molecule has 0 aromatic heterocycles. The lowest BCUT2D eigenvalue weighted by Gasteiger charge is -2.30. The van der Waals surface area contributed by atoms with Crippen LogP contribution >= 0.6 is 0 Å². The average Bonchev–Trinajstić information content (AvgIpc) is 3.22. The number of nitrogens with two attached hydrogens (primary N) is 1. The number of hydrogen-bond donors (Lipinski definition) is 7. The van der Waals surface area contributed by atoms with E-state index in [0.717, 1.165) is 4.90 Å². The lowest BCUT2D eigenvalue weighted by Crippen LogP contribution is -2.58. The van der Waals surface area contributed by atoms with Crippen molar-refractivity contribution in [3.8, 4) is 0 Å². The number of nitrogens with zero attached hydrogens (tertiary/aromatic N) is 1. The first-order chi connectivity index (χ1) is 15.3. The van der Waals surface area contributed by atoms with Crippen molar-refractivity contribution in [1.29, 1.82) is 0 Å². The molecule has 186 valence electrons. The van der Waals surface area contributed by atoms with Crippen molar-refractivity contribution in [1.82, 2.24) is 15.5 Å². The molecule has 1 heterocycles. The number of carbonyl (C=O) groups is 6. The fourth-order valence-corrected chi connectivity index (χ4v) is 3.31. The van der Waals surface area contributed by atoms with Gasteiger partial charge in [0.15, 0.2) is 0 Å². The van der Waals surface area contributed by atoms with Gasteiger partial charge in [-0.05, 0) is 32.6 Å². The molecular weight excluding hydrogens is 444 g/mol. The third-order valence-electron chi connectivity index (χ3n) is 5.18. The number of aliphatic hydroxyl groups is 1. The summed E-state index contributed by atoms with van der Waals surface area (Å²) in [4.78, 5) is 72.1. The van der Waals surface area contributed by atoms with E-state index in [0.29, 0.717) is 6.42 Å². The summed E-state index contributed by atoms with van der Waals surface area (Å²) < 4.78 is 0. The third kappa shape index (κ3) is 8.65. The quantitative estimate of drug-likeness (QED) is 0.147. The zero-order valence-corrected chi connectivity index (χ0v) is 18.1. The molecule has 3 amide bonds. The lowest BCUT2D eigenvalue weighted by molar-refractivity contribution is -0.145. The van der Waals surface area contributed by atoms with E-state index < -0.39 is 78.7 Å². The van der Waals surface area contributed by atoms with Crippen molar-refractivity contribution in [3.05, 3.63) is 0 Å². The van der Waals surface area contributed by atoms with Gasteiger partial charge in [-0.3, -0.25) is 24.0 Å². The van der Waals surface area contributed by atoms with Gasteiger partial charge < -0.3 is 41.7 Å². The molecular formula is C19H30N4O10. The number of amides is 3. The molecule has 1 aliphatic rings. The Morgan fingerprint density at radius 3 is 2.00 bits per heavy atom. The molecule has 5 atom stereocenters. The second-order valence-electron chi connectivity index (χ2n) is 7.78. The van der Waals surface area contributed by atoms with Crippen LogP contribution in [0.2, 0.25) is 0 Å². The van der Waals surface area contributed by atoms with Gasteiger partial charge in [0.05, 0.1) is 6.10 Å². The lowest BCUT2D eigenvalue weighted by atomic mass is 10.1. The Kier molecular flexibility index (Phi) is 10.7. The molecule has 33 heavy (non-hydrogen) atoms. The molecule has 0 aromatic rings. The molecule has 0 radical (unpaired) electrons. The largest absolute Gasteiger partial charge is 0.481 e. The van der Waals surface area contributed by atoms with Crippen LogP contribution in [0.15, 0.2) is 0 Å². The van der Waals surface area contributed by atoms with E-state index in [1.54, 1.807) is 0 Å². The summed E-state index contributed by atoms with van der Waals surface area (Å²) in [5, 5.41) is 41.0. The van der Waals surface area contributed by atoms with E-state index in [1.807, 2.05) is 0 Å². The molecule has 0 spiro atoms. The van der Waals surface area contributed by atoms with Crippen molar-refractivity contribution >= 4 is 35.6 Å². The van der Waals surface area contributed by atoms with Crippen LogP contribution in [0.5, 0.6) is 0 Å². The highest BCUT2D eigenvalue weighted by molar-refractivity contribution is 5.94. The number of carboxylic acid groups (broad SMARTS) is 3. The van der Waals surface area contributed by atoms with Crippen molar-refractivity contribution in [2.75, 3.05) is 6.54 Å². The van der Waals surface area contributed by atoms with Crippen molar-refractivity contribution in [3.63, 3.8) is 0 Å². The summed E-state index contributed by atoms with van der Waals surface area (Å²) in [7, 11) is 0. The molecule has 1 fully saturated rings. The smallest absolute Gasteiger partial charge is 0.326 e. The van der Waals surface area contributed by atoms with Crippen LogP contribution in [0.4, 0.5) is 0 Å². The number of carbonyl (C=O) groups excluding carboxylic acids is 3. The van der Waals surface area contributed by atoms with Crippen molar-refractivity contribution in [2.24, 2.45) is 5.73 Å². The SMILES string of the molecule is CC(O)C(N)C(=O)NC(CCC(=O)O)C(=O)N1CCCC1C(=O)NC(CCC(=O)O)C(=O)O. The Bertz CT molecular complexity index is 772. The number of rotatable bonds is 13. The maximum Gasteiger partial charge on any atom is 0.326 e. The second-order valence-corrected chi connectivity index (χ2v) is 7.78. The molecule has 0 aliphatic carbocycles. The molecule has 0 aromatic carbocycles. The van der Waals surface area contributed by atoms with Gasteiger partial charge in [0, 0.05) is 19.4 Å². The van der Waals surface area contributed by atoms with E-state index in [-0.39, 0.29) is 25.8 Å². The van der Waals surface area contributed by atoms with Gasteiger partial charge in [-0.25, -0.2) is 4.79 Å². The van der Waals surface area contributed by atoms with Gasteiger partial charge in [0.2, 0.25) is 17.7 Å². The van der Waals surface area contributed by atoms with Crippen LogP contribution < -0.4 is 16.4 Å². The minimum Gasteiger partial charge on any atom is -0.481 e. The first-order valence-corrected chi connectivity index (χ1v) is 10.4. The van der Waals surface area contributed by atoms with Crippen LogP contribution in [0.25, 0.3) is 0 Å². The van der Waals surface area contributed by atoms with E-state index >= 15 is 0 Å². The first-order valence-electron chi connectivity index (χ1n) is 10.4. The predicted octanol–water partition coefficient (Wildman–Crippen LogP) is -2.53. The number of likely N-dealkylation sites (tertiary alicyclic amines) is 1. The van der Waals surface area contributed by atoms with Gasteiger partial charge >= 0.3 is 17.9 Å². The molecule has 8 N–H and O–H groups in total. The predicted molar refractivity (Wildman–Crippen MR) is 110 cm³/mol. The minimum atomic E-state index is -1.47. The minimum absolute atomic E-state index is 0.103. The maximum atomic E-state index is 13.1. The normalized spacial score (nSPS) is 19.1. The van der Waals surface area contributed by atoms with Gasteiger partial charge in [-0.2, -0.15) is 0 Å². The highest BCUT2D eigenvalue weighted by atomic mass is 16.4. The zero-order chi connectivity index (χ0) is 25.3. The number of hydrogen-bond acceptors (Lipinski definition) is 8. The van der Waals surface area contributed by atoms with Gasteiger partial charge in [-0.1, -0.05) is 0 Å². The molecule has 1 saturated heterocycles. The van der Waals surface area contributed by atoms with Crippen LogP contribution in [0.3, 0.4) is 0 Å². The first kappa shape index (κ1) is 27.8. The van der Waals surface area contributed by atoms with E-state index in [4.69, 9.17) is 15.9 Å². The zero-order valence-electron chi connectivity index (χ0n) is 18.1. The van der Waals surface area contributed by atoms with E-state index in [1.165, 1.54) is 6.92 Å². The molecule has 14 nitrogen and oxygen atoms in total. The van der Waals surface area contributed by atoms with Gasteiger partial charge in [-0.15, -0.1) is 0 Å². The summed E-state index contributed by atoms with van der Waals surface area (Å²) in [5.41, 5.74) is 5.56. The Labute approximate surface area is 189 Å². The summed E-state index contributed by atoms with van der Waals surface area (Å²) in [6.07, 6.45) is -2.26. The fraction of sp³-hybridized carbons (Fsp3) is 0.684. The summed E-state index contributed by atoms with van der Waals surface area (Å²) in [6.45, 7) is 1.37. The topological polar surface area (TPSA) is 237 Å². The molecule has 14 heteroatoms. The summed E-state index contributed by atoms with van der Waals surface area (Å²) in [5.74, 6) is -6.33. The third-order valence-corrected chi connectivity index (χ3v) is 5.18. The Hall–Kier alpha value is -3.26. The van der Waals surface area contributed by atoms with Gasteiger partial charge in [0.25, 0.3) is 0 Å². The summed E-state index contributed by atoms with van der Waals surface area (Å²) in [6, 6.07) is -5.26.